The molecule has 0 unspecified atom stereocenters. The zero-order valence-electron chi connectivity index (χ0n) is 5.01. The van der Waals surface area contributed by atoms with E-state index >= 15 is 0 Å². The minimum Gasteiger partial charge on any atom is -0.335 e. The van der Waals surface area contributed by atoms with Crippen LogP contribution in [0, 0.1) is 0 Å². The zero-order valence-corrected chi connectivity index (χ0v) is 5.01. The lowest BCUT2D eigenvalue weighted by atomic mass is 10.4. The lowest BCUT2D eigenvalue weighted by Crippen LogP contribution is -2.12. The van der Waals surface area contributed by atoms with Crippen LogP contribution in [0.5, 0.6) is 0 Å². The third-order valence-electron chi connectivity index (χ3n) is 0.940. The van der Waals surface area contributed by atoms with Crippen LogP contribution in [0.4, 0.5) is 0 Å². The van der Waals surface area contributed by atoms with E-state index in [1.54, 1.807) is 18.2 Å². The van der Waals surface area contributed by atoms with Crippen molar-refractivity contribution < 1.29 is 4.79 Å². The molecule has 0 aromatic heterocycles. The lowest BCUT2D eigenvalue weighted by molar-refractivity contribution is 0.565. The average Bonchev–Trinajstić information content (AvgIpc) is 1.88. The highest BCUT2D eigenvalue weighted by molar-refractivity contribution is 5.76. The Bertz CT molecular complexity index is 221. The first-order valence-corrected chi connectivity index (χ1v) is 2.56. The molecule has 0 atom stereocenters. The van der Waals surface area contributed by atoms with Crippen molar-refractivity contribution in [2.75, 3.05) is 0 Å². The highest BCUT2D eigenvalue weighted by Gasteiger charge is 1.96. The Labute approximate surface area is 52.8 Å². The van der Waals surface area contributed by atoms with Gasteiger partial charge in [-0.25, -0.2) is 9.79 Å². The largest absolute Gasteiger partial charge is 0.335 e. The van der Waals surface area contributed by atoms with E-state index in [-0.39, 0.29) is 5.82 Å². The van der Waals surface area contributed by atoms with Crippen molar-refractivity contribution in [3.05, 3.63) is 17.6 Å². The number of carbonyl (C=O) groups excluding carboxylic acids is 1. The molecule has 0 saturated heterocycles. The van der Waals surface area contributed by atoms with E-state index in [0.29, 0.717) is 0 Å². The summed E-state index contributed by atoms with van der Waals surface area (Å²) in [7, 11) is 0. The van der Waals surface area contributed by atoms with Gasteiger partial charge in [-0.2, -0.15) is 0 Å². The van der Waals surface area contributed by atoms with Crippen LogP contribution < -0.4 is 5.32 Å². The quantitative estimate of drug-likeness (QED) is 0.467. The van der Waals surface area contributed by atoms with E-state index in [1.807, 2.05) is 6.92 Å². The molecule has 0 spiro atoms. The Morgan fingerprint density at radius 3 is 3.00 bits per heavy atom. The van der Waals surface area contributed by atoms with E-state index in [0.717, 1.165) is 5.70 Å². The van der Waals surface area contributed by atoms with Crippen LogP contribution in [-0.4, -0.2) is 12.2 Å². The first-order chi connectivity index (χ1) is 4.33. The van der Waals surface area contributed by atoms with Gasteiger partial charge in [-0.05, 0) is 13.0 Å². The van der Waals surface area contributed by atoms with Crippen LogP contribution in [0.25, 0.3) is 0 Å². The van der Waals surface area contributed by atoms with Crippen molar-refractivity contribution in [3.63, 3.8) is 0 Å². The van der Waals surface area contributed by atoms with Crippen LogP contribution in [-0.2, 0) is 4.79 Å². The molecule has 0 aromatic rings. The van der Waals surface area contributed by atoms with Gasteiger partial charge in [0.25, 0.3) is 0 Å². The van der Waals surface area contributed by atoms with E-state index < -0.39 is 0 Å². The van der Waals surface area contributed by atoms with Gasteiger partial charge < -0.3 is 5.32 Å². The molecule has 46 valence electrons. The minimum atomic E-state index is 0.245. The molecule has 0 fully saturated rings. The van der Waals surface area contributed by atoms with Crippen LogP contribution in [0.3, 0.4) is 0 Å². The molecule has 0 amide bonds. The standard InChI is InChI=1S/C6H6N2O/c1-5-2-3-7-6(4-9)8-5/h2-3,8H,1H3. The molecule has 3 heteroatoms. The molecule has 1 aliphatic rings. The van der Waals surface area contributed by atoms with Gasteiger partial charge in [0, 0.05) is 11.9 Å². The first kappa shape index (κ1) is 5.79. The Morgan fingerprint density at radius 1 is 1.78 bits per heavy atom. The zero-order chi connectivity index (χ0) is 6.69. The number of hydrogen-bond acceptors (Lipinski definition) is 3. The number of nitrogens with zero attached hydrogens (tertiary/aromatic N) is 1. The van der Waals surface area contributed by atoms with E-state index in [9.17, 15) is 4.79 Å². The lowest BCUT2D eigenvalue weighted by Gasteiger charge is -2.04. The summed E-state index contributed by atoms with van der Waals surface area (Å²) in [6, 6.07) is 0. The monoisotopic (exact) mass is 122 g/mol. The van der Waals surface area contributed by atoms with Gasteiger partial charge in [0.2, 0.25) is 5.82 Å². The minimum absolute atomic E-state index is 0.245. The fourth-order valence-electron chi connectivity index (χ4n) is 0.536. The third kappa shape index (κ3) is 1.27. The molecule has 3 nitrogen and oxygen atoms in total. The molecule has 1 aliphatic heterocycles. The van der Waals surface area contributed by atoms with E-state index in [4.69, 9.17) is 0 Å². The summed E-state index contributed by atoms with van der Waals surface area (Å²) in [4.78, 5) is 13.6. The first-order valence-electron chi connectivity index (χ1n) is 2.56. The van der Waals surface area contributed by atoms with Gasteiger partial charge in [0.15, 0.2) is 5.94 Å². The number of aliphatic imine (C=N–C) groups is 1. The molecule has 0 bridgehead atoms. The van der Waals surface area contributed by atoms with Gasteiger partial charge in [0.05, 0.1) is 0 Å². The normalized spacial score (nSPS) is 16.1. The predicted molar refractivity (Wildman–Crippen MR) is 34.6 cm³/mol. The van der Waals surface area contributed by atoms with Crippen LogP contribution in [0.1, 0.15) is 6.92 Å². The Morgan fingerprint density at radius 2 is 2.56 bits per heavy atom. The maximum atomic E-state index is 9.94. The van der Waals surface area contributed by atoms with E-state index in [1.165, 1.54) is 0 Å². The van der Waals surface area contributed by atoms with Gasteiger partial charge in [-0.3, -0.25) is 0 Å². The summed E-state index contributed by atoms with van der Waals surface area (Å²) >= 11 is 0. The van der Waals surface area contributed by atoms with Gasteiger partial charge in [0.1, 0.15) is 0 Å². The molecule has 1 heterocycles. The summed E-state index contributed by atoms with van der Waals surface area (Å²) in [5.74, 6) is 1.90. The second kappa shape index (κ2) is 2.29. The smallest absolute Gasteiger partial charge is 0.216 e. The Hall–Kier alpha value is -1.34. The predicted octanol–water partition coefficient (Wildman–Crippen LogP) is 0.237. The van der Waals surface area contributed by atoms with Crippen molar-refractivity contribution >= 4 is 12.2 Å². The topological polar surface area (TPSA) is 41.5 Å². The third-order valence-corrected chi connectivity index (χ3v) is 0.940. The summed E-state index contributed by atoms with van der Waals surface area (Å²) in [6.45, 7) is 1.85. The van der Waals surface area contributed by atoms with Gasteiger partial charge in [-0.15, -0.1) is 0 Å². The fourth-order valence-corrected chi connectivity index (χ4v) is 0.536. The van der Waals surface area contributed by atoms with Crippen LogP contribution in [0.2, 0.25) is 0 Å². The second-order valence-electron chi connectivity index (χ2n) is 1.70. The summed E-state index contributed by atoms with van der Waals surface area (Å²) in [6.07, 6.45) is 3.34. The molecule has 0 radical (unpaired) electrons. The van der Waals surface area contributed by atoms with Crippen molar-refractivity contribution in [2.45, 2.75) is 6.92 Å². The van der Waals surface area contributed by atoms with E-state index in [2.05, 4.69) is 10.3 Å². The van der Waals surface area contributed by atoms with Crippen LogP contribution in [0.15, 0.2) is 22.6 Å². The van der Waals surface area contributed by atoms with Crippen molar-refractivity contribution in [1.29, 1.82) is 0 Å². The Kier molecular flexibility index (Phi) is 1.47. The van der Waals surface area contributed by atoms with Crippen molar-refractivity contribution in [2.24, 2.45) is 4.99 Å². The summed E-state index contributed by atoms with van der Waals surface area (Å²) in [5.41, 5.74) is 0.906. The molecule has 0 aromatic carbocycles. The molecule has 0 saturated carbocycles. The number of rotatable bonds is 0. The molecule has 9 heavy (non-hydrogen) atoms. The SMILES string of the molecule is CC1=CC=NC(=C=O)N1. The average molecular weight is 122 g/mol. The second-order valence-corrected chi connectivity index (χ2v) is 1.70. The molecule has 0 aliphatic carbocycles. The highest BCUT2D eigenvalue weighted by atomic mass is 16.1. The number of hydrogen-bond donors (Lipinski definition) is 1. The summed E-state index contributed by atoms with van der Waals surface area (Å²) in [5, 5.41) is 2.72. The van der Waals surface area contributed by atoms with Crippen LogP contribution >= 0.6 is 0 Å². The number of allylic oxidation sites excluding steroid dienone is 2. The van der Waals surface area contributed by atoms with Gasteiger partial charge >= 0.3 is 0 Å². The fraction of sp³-hybridized carbons (Fsp3) is 0.167. The molecule has 1 rings (SSSR count). The maximum Gasteiger partial charge on any atom is 0.216 e. The molecular weight excluding hydrogens is 116 g/mol. The Balaban J connectivity index is 2.85. The van der Waals surface area contributed by atoms with Gasteiger partial charge in [-0.1, -0.05) is 0 Å². The highest BCUT2D eigenvalue weighted by Crippen LogP contribution is 1.96. The number of nitrogens with one attached hydrogen (secondary N) is 1. The van der Waals surface area contributed by atoms with Crippen molar-refractivity contribution in [1.82, 2.24) is 5.32 Å². The maximum absolute atomic E-state index is 9.94. The van der Waals surface area contributed by atoms with Crippen molar-refractivity contribution in [3.8, 4) is 0 Å². The molecule has 1 N–H and O–H groups in total. The summed E-state index contributed by atoms with van der Waals surface area (Å²) < 4.78 is 0. The molecular formula is C6H6N2O.